The molecule has 0 aromatic carbocycles. The van der Waals surface area contributed by atoms with Crippen LogP contribution in [0, 0.1) is 0 Å². The first kappa shape index (κ1) is 61.6. The van der Waals surface area contributed by atoms with Gasteiger partial charge in [0.05, 0.1) is 6.61 Å². The van der Waals surface area contributed by atoms with Crippen LogP contribution < -0.4 is 0 Å². The Balaban J connectivity index is 4.30. The molecule has 0 aliphatic carbocycles. The van der Waals surface area contributed by atoms with Gasteiger partial charge in [-0.3, -0.25) is 9.59 Å². The van der Waals surface area contributed by atoms with Crippen LogP contribution in [0.15, 0.2) is 60.8 Å². The number of unbranched alkanes of at least 4 members (excludes halogenated alkanes) is 30. The van der Waals surface area contributed by atoms with Crippen molar-refractivity contribution in [2.45, 2.75) is 284 Å². The van der Waals surface area contributed by atoms with Crippen LogP contribution in [0.2, 0.25) is 0 Å². The van der Waals surface area contributed by atoms with Crippen molar-refractivity contribution in [3.63, 3.8) is 0 Å². The monoisotopic (exact) mass is 895 g/mol. The van der Waals surface area contributed by atoms with Gasteiger partial charge in [0.1, 0.15) is 6.61 Å². The van der Waals surface area contributed by atoms with Crippen molar-refractivity contribution >= 4 is 11.9 Å². The van der Waals surface area contributed by atoms with Gasteiger partial charge in [0.2, 0.25) is 0 Å². The first-order valence-corrected chi connectivity index (χ1v) is 27.8. The van der Waals surface area contributed by atoms with E-state index in [1.807, 2.05) is 0 Å². The average Bonchev–Trinajstić information content (AvgIpc) is 3.30. The van der Waals surface area contributed by atoms with Crippen LogP contribution in [0.3, 0.4) is 0 Å². The Morgan fingerprint density at radius 3 is 1.12 bits per heavy atom. The molecular formula is C59H106O5. The van der Waals surface area contributed by atoms with Crippen LogP contribution in [0.25, 0.3) is 0 Å². The van der Waals surface area contributed by atoms with Gasteiger partial charge in [-0.1, -0.05) is 236 Å². The first-order chi connectivity index (χ1) is 31.6. The molecule has 1 atom stereocenters. The van der Waals surface area contributed by atoms with E-state index in [1.54, 1.807) is 0 Å². The molecule has 0 heterocycles. The lowest BCUT2D eigenvalue weighted by molar-refractivity contribution is -0.163. The van der Waals surface area contributed by atoms with Crippen molar-refractivity contribution in [3.8, 4) is 0 Å². The van der Waals surface area contributed by atoms with E-state index in [1.165, 1.54) is 161 Å². The highest BCUT2D eigenvalue weighted by Gasteiger charge is 2.17. The maximum atomic E-state index is 12.8. The molecule has 64 heavy (non-hydrogen) atoms. The Kier molecular flexibility index (Phi) is 52.9. The predicted molar refractivity (Wildman–Crippen MR) is 279 cm³/mol. The minimum atomic E-state index is -0.552. The fraction of sp³-hybridized carbons (Fsp3) is 0.797. The lowest BCUT2D eigenvalue weighted by Crippen LogP contribution is -2.30. The number of carbonyl (C=O) groups excluding carboxylic acids is 2. The van der Waals surface area contributed by atoms with E-state index in [9.17, 15) is 9.59 Å². The number of allylic oxidation sites excluding steroid dienone is 10. The second-order valence-electron chi connectivity index (χ2n) is 18.5. The molecule has 5 heteroatoms. The SMILES string of the molecule is CCCCC/C=C\C/C=C\C/C=C\C/C=C\CCCCCC(=O)OC[C@@H](COCCCCCCCCCCCCCCCCCC)OC(=O)CCCCCCC/C=C\CCCCCC. The third-order valence-electron chi connectivity index (χ3n) is 12.0. The number of esters is 2. The van der Waals surface area contributed by atoms with E-state index in [2.05, 4.69) is 81.5 Å². The van der Waals surface area contributed by atoms with E-state index >= 15 is 0 Å². The number of hydrogen-bond acceptors (Lipinski definition) is 5. The number of carbonyl (C=O) groups is 2. The van der Waals surface area contributed by atoms with Crippen LogP contribution in [-0.2, 0) is 23.8 Å². The summed E-state index contributed by atoms with van der Waals surface area (Å²) in [7, 11) is 0. The number of ether oxygens (including phenoxy) is 3. The topological polar surface area (TPSA) is 61.8 Å². The molecule has 0 N–H and O–H groups in total. The van der Waals surface area contributed by atoms with Gasteiger partial charge in [-0.05, 0) is 89.9 Å². The van der Waals surface area contributed by atoms with Gasteiger partial charge in [-0.25, -0.2) is 0 Å². The quantitative estimate of drug-likeness (QED) is 0.0346. The average molecular weight is 895 g/mol. The largest absolute Gasteiger partial charge is 0.462 e. The van der Waals surface area contributed by atoms with Gasteiger partial charge in [0.25, 0.3) is 0 Å². The number of hydrogen-bond donors (Lipinski definition) is 0. The molecule has 0 rings (SSSR count). The van der Waals surface area contributed by atoms with Crippen LogP contribution in [-0.4, -0.2) is 37.9 Å². The van der Waals surface area contributed by atoms with Gasteiger partial charge >= 0.3 is 11.9 Å². The van der Waals surface area contributed by atoms with E-state index in [4.69, 9.17) is 14.2 Å². The minimum Gasteiger partial charge on any atom is -0.462 e. The zero-order valence-electron chi connectivity index (χ0n) is 42.8. The standard InChI is InChI=1S/C59H106O5/c1-4-7-10-13-16-19-22-25-27-29-30-31-32-35-37-40-43-46-49-52-58(60)63-56-57(64-59(61)53-50-47-44-41-38-34-24-21-18-15-12-9-6-3)55-62-54-51-48-45-42-39-36-33-28-26-23-20-17-14-11-8-5-2/h16,19,21,24-25,27,30-31,35,37,57H,4-15,17-18,20,22-23,26,28-29,32-34,36,38-56H2,1-3H3/b19-16-,24-21-,27-25-,31-30-,37-35-/t57-/m1/s1. The fourth-order valence-corrected chi connectivity index (χ4v) is 7.84. The molecule has 0 aromatic heterocycles. The van der Waals surface area contributed by atoms with Gasteiger partial charge in [-0.2, -0.15) is 0 Å². The maximum absolute atomic E-state index is 12.8. The number of rotatable bonds is 51. The molecule has 0 spiro atoms. The van der Waals surface area contributed by atoms with Crippen LogP contribution in [0.1, 0.15) is 278 Å². The summed E-state index contributed by atoms with van der Waals surface area (Å²) in [5.74, 6) is -0.433. The summed E-state index contributed by atoms with van der Waals surface area (Å²) in [5.41, 5.74) is 0. The van der Waals surface area contributed by atoms with E-state index in [-0.39, 0.29) is 25.2 Å². The highest BCUT2D eigenvalue weighted by molar-refractivity contribution is 5.70. The highest BCUT2D eigenvalue weighted by atomic mass is 16.6. The minimum absolute atomic E-state index is 0.0673. The smallest absolute Gasteiger partial charge is 0.306 e. The second kappa shape index (κ2) is 54.9. The lowest BCUT2D eigenvalue weighted by atomic mass is 10.0. The summed E-state index contributed by atoms with van der Waals surface area (Å²) < 4.78 is 17.4. The van der Waals surface area contributed by atoms with Crippen molar-refractivity contribution in [2.24, 2.45) is 0 Å². The first-order valence-electron chi connectivity index (χ1n) is 27.8. The Hall–Kier alpha value is -2.40. The maximum Gasteiger partial charge on any atom is 0.306 e. The van der Waals surface area contributed by atoms with E-state index in [0.29, 0.717) is 19.4 Å². The summed E-state index contributed by atoms with van der Waals surface area (Å²) in [6.07, 6.45) is 69.5. The van der Waals surface area contributed by atoms with E-state index < -0.39 is 6.10 Å². The molecule has 0 saturated heterocycles. The summed E-state index contributed by atoms with van der Waals surface area (Å²) >= 11 is 0. The fourth-order valence-electron chi connectivity index (χ4n) is 7.84. The van der Waals surface area contributed by atoms with Crippen molar-refractivity contribution in [3.05, 3.63) is 60.8 Å². The van der Waals surface area contributed by atoms with Gasteiger partial charge < -0.3 is 14.2 Å². The van der Waals surface area contributed by atoms with Crippen molar-refractivity contribution in [2.75, 3.05) is 19.8 Å². The predicted octanol–water partition coefficient (Wildman–Crippen LogP) is 18.9. The van der Waals surface area contributed by atoms with Gasteiger partial charge in [0.15, 0.2) is 6.10 Å². The lowest BCUT2D eigenvalue weighted by Gasteiger charge is -2.18. The molecule has 0 bridgehead atoms. The molecule has 0 fully saturated rings. The normalized spacial score (nSPS) is 12.6. The van der Waals surface area contributed by atoms with Gasteiger partial charge in [0, 0.05) is 19.4 Å². The Bertz CT molecular complexity index is 1100. The Morgan fingerprint density at radius 2 is 0.656 bits per heavy atom. The zero-order valence-corrected chi connectivity index (χ0v) is 42.8. The summed E-state index contributed by atoms with van der Waals surface area (Å²) in [6.45, 7) is 7.78. The molecule has 0 amide bonds. The molecule has 0 saturated carbocycles. The highest BCUT2D eigenvalue weighted by Crippen LogP contribution is 2.15. The molecule has 0 radical (unpaired) electrons. The van der Waals surface area contributed by atoms with Gasteiger partial charge in [-0.15, -0.1) is 0 Å². The Morgan fingerprint density at radius 1 is 0.344 bits per heavy atom. The second-order valence-corrected chi connectivity index (χ2v) is 18.5. The summed E-state index contributed by atoms with van der Waals surface area (Å²) in [4.78, 5) is 25.4. The van der Waals surface area contributed by atoms with Crippen molar-refractivity contribution < 1.29 is 23.8 Å². The van der Waals surface area contributed by atoms with Crippen molar-refractivity contribution in [1.29, 1.82) is 0 Å². The molecule has 372 valence electrons. The molecule has 0 unspecified atom stereocenters. The third-order valence-corrected chi connectivity index (χ3v) is 12.0. The molecule has 0 aliphatic rings. The van der Waals surface area contributed by atoms with E-state index in [0.717, 1.165) is 83.5 Å². The summed E-state index contributed by atoms with van der Waals surface area (Å²) in [6, 6.07) is 0. The Labute approximate surface area is 398 Å². The van der Waals surface area contributed by atoms with Crippen LogP contribution in [0.5, 0.6) is 0 Å². The molecule has 5 nitrogen and oxygen atoms in total. The van der Waals surface area contributed by atoms with Crippen molar-refractivity contribution in [1.82, 2.24) is 0 Å². The third kappa shape index (κ3) is 52.2. The molecule has 0 aliphatic heterocycles. The van der Waals surface area contributed by atoms with Crippen LogP contribution in [0.4, 0.5) is 0 Å². The molecule has 0 aromatic rings. The van der Waals surface area contributed by atoms with Crippen LogP contribution >= 0.6 is 0 Å². The molecular weight excluding hydrogens is 789 g/mol. The summed E-state index contributed by atoms with van der Waals surface area (Å²) in [5, 5.41) is 0. The zero-order chi connectivity index (χ0) is 46.3.